The molecule has 0 bridgehead atoms. The van der Waals surface area contributed by atoms with E-state index in [4.69, 9.17) is 40.2 Å². The van der Waals surface area contributed by atoms with Crippen molar-refractivity contribution in [3.63, 3.8) is 0 Å². The summed E-state index contributed by atoms with van der Waals surface area (Å²) in [4.78, 5) is 0. The van der Waals surface area contributed by atoms with E-state index in [1.165, 1.54) is 44.5 Å². The van der Waals surface area contributed by atoms with Gasteiger partial charge in [-0.2, -0.15) is 23.3 Å². The Balaban J connectivity index is 0.000000202. The Kier molecular flexibility index (Phi) is 15.3. The number of hydrogen-bond acceptors (Lipinski definition) is 0. The van der Waals surface area contributed by atoms with E-state index >= 15 is 0 Å². The van der Waals surface area contributed by atoms with Gasteiger partial charge < -0.3 is 0 Å². The van der Waals surface area contributed by atoms with Crippen LogP contribution < -0.4 is 0 Å². The van der Waals surface area contributed by atoms with Crippen LogP contribution in [-0.2, 0) is 41.7 Å². The zero-order valence-electron chi connectivity index (χ0n) is 32.2. The molecular weight excluding hydrogens is 814 g/mol. The maximum absolute atomic E-state index is 6.57. The van der Waals surface area contributed by atoms with E-state index in [0.29, 0.717) is 0 Å². The Morgan fingerprint density at radius 2 is 0.885 bits per heavy atom. The minimum absolute atomic E-state index is 0.0513. The van der Waals surface area contributed by atoms with Gasteiger partial charge in [-0.1, -0.05) is 138 Å². The molecular formula is C46H50Cl4SiZr-2. The van der Waals surface area contributed by atoms with Gasteiger partial charge in [0, 0.05) is 10.0 Å². The molecule has 0 aromatic heterocycles. The normalized spacial score (nSPS) is 11.4. The third-order valence-corrected chi connectivity index (χ3v) is 29.4. The van der Waals surface area contributed by atoms with E-state index < -0.39 is 18.0 Å². The van der Waals surface area contributed by atoms with E-state index in [0.717, 1.165) is 45.1 Å². The number of benzene rings is 2. The van der Waals surface area contributed by atoms with Crippen molar-refractivity contribution < 1.29 is 18.0 Å². The Hall–Kier alpha value is -1.90. The molecule has 0 spiro atoms. The second kappa shape index (κ2) is 18.6. The van der Waals surface area contributed by atoms with Crippen LogP contribution in [0, 0.1) is 12.1 Å². The predicted molar refractivity (Wildman–Crippen MR) is 230 cm³/mol. The van der Waals surface area contributed by atoms with Crippen LogP contribution >= 0.6 is 40.2 Å². The van der Waals surface area contributed by atoms with Crippen molar-refractivity contribution >= 4 is 45.7 Å². The summed E-state index contributed by atoms with van der Waals surface area (Å²) in [6.45, 7) is 21.8. The molecule has 0 unspecified atom stereocenters. The number of hydrogen-bond donors (Lipinski definition) is 0. The van der Waals surface area contributed by atoms with Gasteiger partial charge in [-0.25, -0.2) is 0 Å². The molecule has 0 amide bonds. The van der Waals surface area contributed by atoms with E-state index in [-0.39, 0.29) is 16.3 Å². The molecule has 0 radical (unpaired) electrons. The van der Waals surface area contributed by atoms with Gasteiger partial charge in [-0.15, -0.1) is 58.7 Å². The van der Waals surface area contributed by atoms with Gasteiger partial charge >= 0.3 is 53.5 Å². The van der Waals surface area contributed by atoms with E-state index in [2.05, 4.69) is 178 Å². The van der Waals surface area contributed by atoms with Gasteiger partial charge in [0.15, 0.2) is 0 Å². The molecule has 0 fully saturated rings. The monoisotopic (exact) mass is 860 g/mol. The number of halogens is 4. The second-order valence-electron chi connectivity index (χ2n) is 15.4. The van der Waals surface area contributed by atoms with Crippen LogP contribution in [0.25, 0.3) is 44.5 Å². The quantitative estimate of drug-likeness (QED) is 0.122. The Labute approximate surface area is 338 Å². The molecule has 0 saturated heterocycles. The van der Waals surface area contributed by atoms with Crippen molar-refractivity contribution in [2.75, 3.05) is 0 Å². The first-order chi connectivity index (χ1) is 24.4. The summed E-state index contributed by atoms with van der Waals surface area (Å²) in [5.41, 5.74) is 14.3. The van der Waals surface area contributed by atoms with Crippen molar-refractivity contribution in [2.24, 2.45) is 0 Å². The third kappa shape index (κ3) is 11.1. The molecule has 0 heterocycles. The van der Waals surface area contributed by atoms with Crippen LogP contribution in [0.5, 0.6) is 0 Å². The molecule has 0 N–H and O–H groups in total. The van der Waals surface area contributed by atoms with Crippen LogP contribution in [0.4, 0.5) is 0 Å². The van der Waals surface area contributed by atoms with Crippen molar-refractivity contribution in [3.8, 4) is 44.5 Å². The van der Waals surface area contributed by atoms with Crippen LogP contribution in [0.3, 0.4) is 0 Å². The summed E-state index contributed by atoms with van der Waals surface area (Å²) in [5, 5.41) is 1.67. The maximum atomic E-state index is 6.57. The average molecular weight is 864 g/mol. The minimum atomic E-state index is -1.65. The first kappa shape index (κ1) is 42.8. The molecule has 4 aliphatic carbocycles. The molecule has 0 aliphatic heterocycles. The molecule has 6 rings (SSSR count). The fraction of sp³-hybridized carbons (Fsp3) is 0.304. The van der Waals surface area contributed by atoms with Gasteiger partial charge in [-0.3, -0.25) is 0 Å². The molecule has 4 aliphatic rings. The standard InChI is InChI=1S/2C22H22Cl.C2H6Si.2ClH.Zr/c2*1-5-15-12-16-8-6-7-9-18(19(16)13-15)17-10-11-20(21(23)14-17)22(2,3)4;1-3-2;;;/h2*6-11,13-14H,5H2,1-4H3;1-2H3;2*1H;/q2*-1;;;;+2/p-2. The summed E-state index contributed by atoms with van der Waals surface area (Å²) in [7, 11) is 11.2. The van der Waals surface area contributed by atoms with Crippen molar-refractivity contribution in [3.05, 3.63) is 141 Å². The first-order valence-electron chi connectivity index (χ1n) is 17.9. The molecule has 2 aromatic rings. The van der Waals surface area contributed by atoms with Gasteiger partial charge in [0.2, 0.25) is 0 Å². The Bertz CT molecular complexity index is 1940. The molecule has 6 heteroatoms. The SMILES string of the molecule is CCc1[c-]c2ccccc(-c3ccc(C(C)(C)C)c(Cl)c3)c-2c1.CCc1[c-]c2ccccc(-c3ccc(C(C)(C)C)c(Cl)c3)c-2c1.C[Si](C)=[Zr]([Cl])[Cl]. The van der Waals surface area contributed by atoms with Gasteiger partial charge in [0.05, 0.1) is 0 Å². The summed E-state index contributed by atoms with van der Waals surface area (Å²) in [5.74, 6) is 0. The van der Waals surface area contributed by atoms with Crippen molar-refractivity contribution in [1.29, 1.82) is 0 Å². The third-order valence-electron chi connectivity index (χ3n) is 8.98. The predicted octanol–water partition coefficient (Wildman–Crippen LogP) is 15.7. The second-order valence-corrected chi connectivity index (χ2v) is 39.2. The molecule has 272 valence electrons. The zero-order chi connectivity index (χ0) is 38.4. The van der Waals surface area contributed by atoms with Gasteiger partial charge in [0.25, 0.3) is 0 Å². The number of fused-ring (bicyclic) bond motifs is 2. The molecule has 0 nitrogen and oxygen atoms in total. The van der Waals surface area contributed by atoms with Crippen molar-refractivity contribution in [2.45, 2.75) is 92.2 Å². The van der Waals surface area contributed by atoms with Crippen molar-refractivity contribution in [1.82, 2.24) is 0 Å². The Morgan fingerprint density at radius 1 is 0.538 bits per heavy atom. The Morgan fingerprint density at radius 3 is 1.17 bits per heavy atom. The topological polar surface area (TPSA) is 0 Å². The summed E-state index contributed by atoms with van der Waals surface area (Å²) in [6.07, 6.45) is 2.00. The molecule has 52 heavy (non-hydrogen) atoms. The fourth-order valence-electron chi connectivity index (χ4n) is 6.02. The van der Waals surface area contributed by atoms with Crippen LogP contribution in [0.2, 0.25) is 23.1 Å². The summed E-state index contributed by atoms with van der Waals surface area (Å²) in [6, 6.07) is 41.2. The molecule has 2 aromatic carbocycles. The summed E-state index contributed by atoms with van der Waals surface area (Å²) < 4.78 is 0. The first-order valence-corrected chi connectivity index (χ1v) is 31.2. The zero-order valence-corrected chi connectivity index (χ0v) is 38.6. The van der Waals surface area contributed by atoms with Gasteiger partial charge in [0.1, 0.15) is 0 Å². The van der Waals surface area contributed by atoms with Crippen LogP contribution in [-0.4, -0.2) is 5.43 Å². The fourth-order valence-corrected chi connectivity index (χ4v) is 6.95. The van der Waals surface area contributed by atoms with Gasteiger partial charge in [-0.05, 0) is 58.1 Å². The molecule has 0 saturated carbocycles. The van der Waals surface area contributed by atoms with E-state index in [9.17, 15) is 0 Å². The van der Waals surface area contributed by atoms with E-state index in [1.807, 2.05) is 0 Å². The average Bonchev–Trinajstić information content (AvgIpc) is 3.55. The number of aryl methyl sites for hydroxylation is 2. The van der Waals surface area contributed by atoms with Crippen LogP contribution in [0.15, 0.2) is 97.1 Å². The molecule has 0 atom stereocenters. The van der Waals surface area contributed by atoms with Crippen LogP contribution in [0.1, 0.15) is 77.6 Å². The van der Waals surface area contributed by atoms with E-state index in [1.54, 1.807) is 0 Å². The number of rotatable bonds is 4. The summed E-state index contributed by atoms with van der Waals surface area (Å²) >= 11 is 11.5.